The number of H-pyrrole nitrogens is 1. The van der Waals surface area contributed by atoms with Crippen molar-refractivity contribution in [2.45, 2.75) is 26.2 Å². The Balaban J connectivity index is 1.77. The number of carbonyl (C=O) groups is 1. The van der Waals surface area contributed by atoms with Crippen molar-refractivity contribution >= 4 is 5.91 Å². The van der Waals surface area contributed by atoms with Gasteiger partial charge in [-0.3, -0.25) is 9.59 Å². The lowest BCUT2D eigenvalue weighted by molar-refractivity contribution is 0.0788. The van der Waals surface area contributed by atoms with E-state index < -0.39 is 0 Å². The fourth-order valence-electron chi connectivity index (χ4n) is 2.73. The number of nitrogens with one attached hydrogen (secondary N) is 1. The van der Waals surface area contributed by atoms with Crippen molar-refractivity contribution in [3.05, 3.63) is 57.5 Å². The van der Waals surface area contributed by atoms with Crippen LogP contribution in [-0.4, -0.2) is 38.8 Å². The molecule has 114 valence electrons. The Kier molecular flexibility index (Phi) is 3.75. The van der Waals surface area contributed by atoms with Crippen LogP contribution in [0.1, 0.15) is 39.9 Å². The Morgan fingerprint density at radius 1 is 1.32 bits per heavy atom. The van der Waals surface area contributed by atoms with Gasteiger partial charge in [-0.25, -0.2) is 9.97 Å². The average Bonchev–Trinajstić information content (AvgIpc) is 2.96. The second-order valence-corrected chi connectivity index (χ2v) is 5.68. The molecular formula is C16H18N4O2. The van der Waals surface area contributed by atoms with Crippen molar-refractivity contribution in [1.82, 2.24) is 19.9 Å². The summed E-state index contributed by atoms with van der Waals surface area (Å²) in [6.07, 6.45) is 2.56. The zero-order valence-electron chi connectivity index (χ0n) is 12.7. The van der Waals surface area contributed by atoms with Gasteiger partial charge < -0.3 is 9.88 Å². The molecule has 2 aromatic rings. The van der Waals surface area contributed by atoms with Gasteiger partial charge in [0.05, 0.1) is 0 Å². The number of carbonyl (C=O) groups excluding carboxylic acids is 1. The number of rotatable bonds is 2. The van der Waals surface area contributed by atoms with E-state index in [4.69, 9.17) is 0 Å². The van der Waals surface area contributed by atoms with Gasteiger partial charge in [0.15, 0.2) is 0 Å². The van der Waals surface area contributed by atoms with Crippen molar-refractivity contribution in [1.29, 1.82) is 0 Å². The first-order valence-electron chi connectivity index (χ1n) is 7.33. The first kappa shape index (κ1) is 14.4. The minimum atomic E-state index is -0.333. The van der Waals surface area contributed by atoms with E-state index in [0.29, 0.717) is 13.1 Å². The van der Waals surface area contributed by atoms with Gasteiger partial charge in [0, 0.05) is 36.6 Å². The zero-order valence-corrected chi connectivity index (χ0v) is 12.7. The van der Waals surface area contributed by atoms with Crippen LogP contribution < -0.4 is 5.56 Å². The van der Waals surface area contributed by atoms with Crippen LogP contribution in [0, 0.1) is 13.8 Å². The molecular weight excluding hydrogens is 280 g/mol. The summed E-state index contributed by atoms with van der Waals surface area (Å²) >= 11 is 0. The lowest BCUT2D eigenvalue weighted by atomic mass is 10.1. The molecule has 1 fully saturated rings. The lowest BCUT2D eigenvalue weighted by Crippen LogP contribution is -2.33. The summed E-state index contributed by atoms with van der Waals surface area (Å²) in [6.45, 7) is 4.88. The predicted molar refractivity (Wildman–Crippen MR) is 81.8 cm³/mol. The number of amides is 1. The molecule has 1 unspecified atom stereocenters. The summed E-state index contributed by atoms with van der Waals surface area (Å²) in [6, 6.07) is 5.19. The quantitative estimate of drug-likeness (QED) is 0.909. The molecule has 3 heterocycles. The highest BCUT2D eigenvalue weighted by atomic mass is 16.2. The normalized spacial score (nSPS) is 17.7. The molecule has 3 rings (SSSR count). The van der Waals surface area contributed by atoms with Gasteiger partial charge >= 0.3 is 0 Å². The summed E-state index contributed by atoms with van der Waals surface area (Å²) in [5.41, 5.74) is 1.52. The Morgan fingerprint density at radius 3 is 2.86 bits per heavy atom. The molecule has 1 aliphatic rings. The van der Waals surface area contributed by atoms with Crippen LogP contribution in [0.3, 0.4) is 0 Å². The molecule has 1 saturated heterocycles. The van der Waals surface area contributed by atoms with Crippen LogP contribution in [0.5, 0.6) is 0 Å². The number of aryl methyl sites for hydroxylation is 2. The summed E-state index contributed by atoms with van der Waals surface area (Å²) in [7, 11) is 0. The molecule has 0 saturated carbocycles. The Hall–Kier alpha value is -2.50. The molecule has 1 atom stereocenters. The number of likely N-dealkylation sites (tertiary alicyclic amines) is 1. The van der Waals surface area contributed by atoms with Crippen molar-refractivity contribution in [2.24, 2.45) is 0 Å². The van der Waals surface area contributed by atoms with Crippen LogP contribution in [0.2, 0.25) is 0 Å². The van der Waals surface area contributed by atoms with E-state index in [1.165, 1.54) is 0 Å². The maximum Gasteiger partial charge on any atom is 0.260 e. The first-order chi connectivity index (χ1) is 10.5. The van der Waals surface area contributed by atoms with Crippen LogP contribution in [-0.2, 0) is 0 Å². The SMILES string of the molecule is Cc1ccnc(C2CCN(C(=O)c3ccc(C)[nH]c3=O)C2)n1. The van der Waals surface area contributed by atoms with Crippen molar-refractivity contribution in [3.8, 4) is 0 Å². The van der Waals surface area contributed by atoms with Gasteiger partial charge in [0.1, 0.15) is 11.4 Å². The zero-order chi connectivity index (χ0) is 15.7. The van der Waals surface area contributed by atoms with Gasteiger partial charge in [-0.1, -0.05) is 0 Å². The van der Waals surface area contributed by atoms with Crippen molar-refractivity contribution in [2.75, 3.05) is 13.1 Å². The van der Waals surface area contributed by atoms with E-state index in [2.05, 4.69) is 15.0 Å². The van der Waals surface area contributed by atoms with Gasteiger partial charge in [-0.05, 0) is 38.5 Å². The van der Waals surface area contributed by atoms with Gasteiger partial charge in [-0.15, -0.1) is 0 Å². The molecule has 0 aromatic carbocycles. The molecule has 1 aliphatic heterocycles. The standard InChI is InChI=1S/C16H18N4O2/c1-10-3-4-13(15(21)19-10)16(22)20-8-6-12(9-20)14-17-7-5-11(2)18-14/h3-5,7,12H,6,8-9H2,1-2H3,(H,19,21). The number of hydrogen-bond acceptors (Lipinski definition) is 4. The highest BCUT2D eigenvalue weighted by molar-refractivity contribution is 5.94. The average molecular weight is 298 g/mol. The maximum absolute atomic E-state index is 12.5. The van der Waals surface area contributed by atoms with Crippen molar-refractivity contribution < 1.29 is 4.79 Å². The van der Waals surface area contributed by atoms with E-state index in [-0.39, 0.29) is 22.9 Å². The first-order valence-corrected chi connectivity index (χ1v) is 7.33. The Labute approximate surface area is 128 Å². The third-order valence-corrected chi connectivity index (χ3v) is 3.94. The molecule has 0 spiro atoms. The molecule has 0 radical (unpaired) electrons. The molecule has 1 amide bonds. The number of nitrogens with zero attached hydrogens (tertiary/aromatic N) is 3. The van der Waals surface area contributed by atoms with Crippen LogP contribution in [0.4, 0.5) is 0 Å². The largest absolute Gasteiger partial charge is 0.338 e. The number of hydrogen-bond donors (Lipinski definition) is 1. The Bertz CT molecular complexity index is 769. The second-order valence-electron chi connectivity index (χ2n) is 5.68. The highest BCUT2D eigenvalue weighted by Crippen LogP contribution is 2.25. The monoisotopic (exact) mass is 298 g/mol. The molecule has 6 heteroatoms. The van der Waals surface area contributed by atoms with Gasteiger partial charge in [0.2, 0.25) is 0 Å². The topological polar surface area (TPSA) is 79.0 Å². The summed E-state index contributed by atoms with van der Waals surface area (Å²) < 4.78 is 0. The highest BCUT2D eigenvalue weighted by Gasteiger charge is 2.30. The van der Waals surface area contributed by atoms with Crippen LogP contribution >= 0.6 is 0 Å². The fourth-order valence-corrected chi connectivity index (χ4v) is 2.73. The third kappa shape index (κ3) is 2.77. The number of aromatic amines is 1. The van der Waals surface area contributed by atoms with Crippen molar-refractivity contribution in [3.63, 3.8) is 0 Å². The molecule has 6 nitrogen and oxygen atoms in total. The lowest BCUT2D eigenvalue weighted by Gasteiger charge is -2.16. The minimum absolute atomic E-state index is 0.133. The van der Waals surface area contributed by atoms with E-state index >= 15 is 0 Å². The predicted octanol–water partition coefficient (Wildman–Crippen LogP) is 1.41. The molecule has 0 aliphatic carbocycles. The molecule has 1 N–H and O–H groups in total. The summed E-state index contributed by atoms with van der Waals surface area (Å²) in [5, 5.41) is 0. The number of pyridine rings is 1. The van der Waals surface area contributed by atoms with Gasteiger partial charge in [-0.2, -0.15) is 0 Å². The third-order valence-electron chi connectivity index (χ3n) is 3.94. The van der Waals surface area contributed by atoms with E-state index in [0.717, 1.165) is 23.6 Å². The van der Waals surface area contributed by atoms with E-state index in [1.807, 2.05) is 13.0 Å². The number of aromatic nitrogens is 3. The summed E-state index contributed by atoms with van der Waals surface area (Å²) in [5.74, 6) is 0.679. The van der Waals surface area contributed by atoms with Gasteiger partial charge in [0.25, 0.3) is 11.5 Å². The molecule has 22 heavy (non-hydrogen) atoms. The second kappa shape index (κ2) is 5.71. The van der Waals surface area contributed by atoms with Crippen LogP contribution in [0.25, 0.3) is 0 Å². The van der Waals surface area contributed by atoms with Crippen LogP contribution in [0.15, 0.2) is 29.2 Å². The summed E-state index contributed by atoms with van der Waals surface area (Å²) in [4.78, 5) is 37.5. The molecule has 2 aromatic heterocycles. The van der Waals surface area contributed by atoms with E-state index in [9.17, 15) is 9.59 Å². The maximum atomic E-state index is 12.5. The fraction of sp³-hybridized carbons (Fsp3) is 0.375. The Morgan fingerprint density at radius 2 is 2.14 bits per heavy atom. The smallest absolute Gasteiger partial charge is 0.260 e. The molecule has 0 bridgehead atoms. The minimum Gasteiger partial charge on any atom is -0.338 e. The van der Waals surface area contributed by atoms with E-state index in [1.54, 1.807) is 30.2 Å².